The van der Waals surface area contributed by atoms with E-state index < -0.39 is 0 Å². The summed E-state index contributed by atoms with van der Waals surface area (Å²) in [7, 11) is 0. The molecule has 144 valence electrons. The van der Waals surface area contributed by atoms with Crippen molar-refractivity contribution in [2.24, 2.45) is 0 Å². The molecule has 7 nitrogen and oxygen atoms in total. The van der Waals surface area contributed by atoms with Crippen molar-refractivity contribution in [2.75, 3.05) is 13.1 Å². The molecule has 0 atom stereocenters. The van der Waals surface area contributed by atoms with Gasteiger partial charge in [0.1, 0.15) is 6.54 Å². The zero-order chi connectivity index (χ0) is 20.1. The molecule has 2 aromatic carbocycles. The first-order valence-electron chi connectivity index (χ1n) is 8.40. The van der Waals surface area contributed by atoms with Crippen LogP contribution in [0.3, 0.4) is 0 Å². The van der Waals surface area contributed by atoms with E-state index in [9.17, 15) is 14.4 Å². The third-order valence-corrected chi connectivity index (χ3v) is 4.70. The van der Waals surface area contributed by atoms with Gasteiger partial charge in [-0.1, -0.05) is 35.3 Å². The van der Waals surface area contributed by atoms with Gasteiger partial charge in [0.05, 0.1) is 27.3 Å². The summed E-state index contributed by atoms with van der Waals surface area (Å²) in [6.07, 6.45) is 1.34. The molecule has 0 bridgehead atoms. The van der Waals surface area contributed by atoms with Crippen molar-refractivity contribution in [3.05, 3.63) is 74.8 Å². The second kappa shape index (κ2) is 8.86. The Labute approximate surface area is 170 Å². The second-order valence-electron chi connectivity index (χ2n) is 5.93. The highest BCUT2D eigenvalue weighted by Crippen LogP contribution is 2.22. The first-order chi connectivity index (χ1) is 13.5. The van der Waals surface area contributed by atoms with Gasteiger partial charge in [0.2, 0.25) is 5.91 Å². The Balaban J connectivity index is 1.50. The van der Waals surface area contributed by atoms with E-state index in [1.165, 1.54) is 23.0 Å². The molecule has 0 aliphatic carbocycles. The number of carbonyl (C=O) groups excluding carboxylic acids is 2. The number of hydrogen-bond donors (Lipinski definition) is 2. The van der Waals surface area contributed by atoms with Crippen LogP contribution in [0.25, 0.3) is 10.9 Å². The van der Waals surface area contributed by atoms with Gasteiger partial charge in [-0.15, -0.1) is 0 Å². The van der Waals surface area contributed by atoms with Crippen LogP contribution in [-0.2, 0) is 11.3 Å². The van der Waals surface area contributed by atoms with Crippen LogP contribution in [0.2, 0.25) is 10.0 Å². The van der Waals surface area contributed by atoms with E-state index in [1.54, 1.807) is 30.3 Å². The zero-order valence-corrected chi connectivity index (χ0v) is 16.1. The summed E-state index contributed by atoms with van der Waals surface area (Å²) in [5.41, 5.74) is 0.664. The lowest BCUT2D eigenvalue weighted by Crippen LogP contribution is -2.37. The molecule has 1 aromatic heterocycles. The minimum absolute atomic E-state index is 0.155. The van der Waals surface area contributed by atoms with E-state index in [0.717, 1.165) is 0 Å². The fourth-order valence-electron chi connectivity index (χ4n) is 2.55. The Kier molecular flexibility index (Phi) is 6.28. The van der Waals surface area contributed by atoms with Crippen LogP contribution < -0.4 is 16.2 Å². The van der Waals surface area contributed by atoms with Crippen LogP contribution in [0, 0.1) is 0 Å². The van der Waals surface area contributed by atoms with Crippen molar-refractivity contribution in [3.8, 4) is 0 Å². The maximum atomic E-state index is 12.4. The summed E-state index contributed by atoms with van der Waals surface area (Å²) in [4.78, 5) is 40.6. The molecule has 3 aromatic rings. The van der Waals surface area contributed by atoms with E-state index in [2.05, 4.69) is 15.6 Å². The van der Waals surface area contributed by atoms with E-state index in [4.69, 9.17) is 23.2 Å². The number of nitrogens with zero attached hydrogens (tertiary/aromatic N) is 2. The van der Waals surface area contributed by atoms with Gasteiger partial charge in [0, 0.05) is 18.7 Å². The summed E-state index contributed by atoms with van der Waals surface area (Å²) in [5.74, 6) is -0.689. The molecule has 0 saturated heterocycles. The molecule has 0 radical (unpaired) electrons. The largest absolute Gasteiger partial charge is 0.353 e. The molecule has 28 heavy (non-hydrogen) atoms. The SMILES string of the molecule is O=C(Cn1cnc2ccccc2c1=O)NCCNC(=O)c1ccc(Cl)c(Cl)c1. The van der Waals surface area contributed by atoms with Crippen molar-refractivity contribution in [3.63, 3.8) is 0 Å². The van der Waals surface area contributed by atoms with Gasteiger partial charge in [-0.2, -0.15) is 0 Å². The van der Waals surface area contributed by atoms with Crippen LogP contribution in [0.4, 0.5) is 0 Å². The van der Waals surface area contributed by atoms with Gasteiger partial charge in [0.25, 0.3) is 11.5 Å². The summed E-state index contributed by atoms with van der Waals surface area (Å²) >= 11 is 11.7. The fraction of sp³-hybridized carbons (Fsp3) is 0.158. The van der Waals surface area contributed by atoms with Crippen molar-refractivity contribution in [2.45, 2.75) is 6.54 Å². The Morgan fingerprint density at radius 3 is 2.54 bits per heavy atom. The molecule has 0 saturated carbocycles. The number of aromatic nitrogens is 2. The van der Waals surface area contributed by atoms with Gasteiger partial charge in [-0.25, -0.2) is 4.98 Å². The van der Waals surface area contributed by atoms with E-state index in [-0.39, 0.29) is 42.0 Å². The Morgan fingerprint density at radius 1 is 1.00 bits per heavy atom. The number of nitrogens with one attached hydrogen (secondary N) is 2. The zero-order valence-electron chi connectivity index (χ0n) is 14.6. The molecule has 1 heterocycles. The highest BCUT2D eigenvalue weighted by Gasteiger charge is 2.09. The molecule has 0 aliphatic rings. The van der Waals surface area contributed by atoms with Gasteiger partial charge in [0.15, 0.2) is 0 Å². The number of fused-ring (bicyclic) bond motifs is 1. The van der Waals surface area contributed by atoms with Crippen molar-refractivity contribution >= 4 is 45.9 Å². The highest BCUT2D eigenvalue weighted by atomic mass is 35.5. The predicted molar refractivity (Wildman–Crippen MR) is 108 cm³/mol. The molecular formula is C19H16Cl2N4O3. The third kappa shape index (κ3) is 4.68. The van der Waals surface area contributed by atoms with E-state index in [0.29, 0.717) is 21.5 Å². The average molecular weight is 419 g/mol. The Morgan fingerprint density at radius 2 is 1.75 bits per heavy atom. The van der Waals surface area contributed by atoms with E-state index in [1.807, 2.05) is 0 Å². The molecule has 3 rings (SSSR count). The van der Waals surface area contributed by atoms with E-state index >= 15 is 0 Å². The minimum Gasteiger partial charge on any atom is -0.353 e. The van der Waals surface area contributed by atoms with Gasteiger partial charge >= 0.3 is 0 Å². The van der Waals surface area contributed by atoms with Crippen LogP contribution in [0.1, 0.15) is 10.4 Å². The fourth-order valence-corrected chi connectivity index (χ4v) is 2.84. The Bertz CT molecular complexity index is 1100. The van der Waals surface area contributed by atoms with Crippen LogP contribution in [-0.4, -0.2) is 34.5 Å². The third-order valence-electron chi connectivity index (χ3n) is 3.96. The summed E-state index contributed by atoms with van der Waals surface area (Å²) < 4.78 is 1.24. The first-order valence-corrected chi connectivity index (χ1v) is 9.15. The highest BCUT2D eigenvalue weighted by molar-refractivity contribution is 6.42. The topological polar surface area (TPSA) is 93.1 Å². The summed E-state index contributed by atoms with van der Waals surface area (Å²) in [6, 6.07) is 11.5. The lowest BCUT2D eigenvalue weighted by atomic mass is 10.2. The quantitative estimate of drug-likeness (QED) is 0.600. The average Bonchev–Trinajstić information content (AvgIpc) is 2.69. The number of rotatable bonds is 6. The summed E-state index contributed by atoms with van der Waals surface area (Å²) in [5, 5.41) is 6.41. The van der Waals surface area contributed by atoms with Crippen molar-refractivity contribution in [1.82, 2.24) is 20.2 Å². The minimum atomic E-state index is -0.358. The normalized spacial score (nSPS) is 10.6. The number of para-hydroxylation sites is 1. The number of halogens is 2. The van der Waals surface area contributed by atoms with Gasteiger partial charge < -0.3 is 10.6 Å². The molecular weight excluding hydrogens is 403 g/mol. The van der Waals surface area contributed by atoms with Crippen LogP contribution >= 0.6 is 23.2 Å². The first kappa shape index (κ1) is 19.9. The Hall–Kier alpha value is -2.90. The second-order valence-corrected chi connectivity index (χ2v) is 6.74. The molecule has 2 N–H and O–H groups in total. The lowest BCUT2D eigenvalue weighted by Gasteiger charge is -2.09. The monoisotopic (exact) mass is 418 g/mol. The molecule has 0 spiro atoms. The van der Waals surface area contributed by atoms with Crippen LogP contribution in [0.5, 0.6) is 0 Å². The van der Waals surface area contributed by atoms with Crippen molar-refractivity contribution < 1.29 is 9.59 Å². The predicted octanol–water partition coefficient (Wildman–Crippen LogP) is 2.25. The smallest absolute Gasteiger partial charge is 0.261 e. The molecule has 0 aliphatic heterocycles. The maximum absolute atomic E-state index is 12.4. The number of amides is 2. The standard InChI is InChI=1S/C19H16Cl2N4O3/c20-14-6-5-12(9-15(14)21)18(27)23-8-7-22-17(26)10-25-11-24-16-4-2-1-3-13(16)19(25)28/h1-6,9,11H,7-8,10H2,(H,22,26)(H,23,27). The number of hydrogen-bond acceptors (Lipinski definition) is 4. The van der Waals surface area contributed by atoms with Gasteiger partial charge in [-0.3, -0.25) is 19.0 Å². The van der Waals surface area contributed by atoms with Crippen molar-refractivity contribution in [1.29, 1.82) is 0 Å². The number of carbonyl (C=O) groups is 2. The van der Waals surface area contributed by atoms with Gasteiger partial charge in [-0.05, 0) is 30.3 Å². The molecule has 9 heteroatoms. The summed E-state index contributed by atoms with van der Waals surface area (Å²) in [6.45, 7) is 0.273. The molecule has 0 unspecified atom stereocenters. The maximum Gasteiger partial charge on any atom is 0.261 e. The molecule has 0 fully saturated rings. The van der Waals surface area contributed by atoms with Crippen LogP contribution in [0.15, 0.2) is 53.6 Å². The lowest BCUT2D eigenvalue weighted by molar-refractivity contribution is -0.121. The molecule has 2 amide bonds. The number of benzene rings is 2.